The summed E-state index contributed by atoms with van der Waals surface area (Å²) in [4.78, 5) is 4.53. The number of imidazole rings is 1. The zero-order valence-corrected chi connectivity index (χ0v) is 10.5. The maximum atomic E-state index is 4.53. The van der Waals surface area contributed by atoms with E-state index in [1.54, 1.807) is 0 Å². The Morgan fingerprint density at radius 2 is 1.94 bits per heavy atom. The Kier molecular flexibility index (Phi) is 3.42. The molecule has 1 saturated heterocycles. The van der Waals surface area contributed by atoms with Crippen LogP contribution in [-0.4, -0.2) is 22.6 Å². The summed E-state index contributed by atoms with van der Waals surface area (Å²) in [6.45, 7) is 2.24. The number of hydrogen-bond donors (Lipinski definition) is 1. The minimum Gasteiger partial charge on any atom is -0.332 e. The van der Waals surface area contributed by atoms with Gasteiger partial charge in [0.1, 0.15) is 5.82 Å². The number of benzene rings is 1. The first-order chi connectivity index (χ1) is 8.93. The second-order valence-corrected chi connectivity index (χ2v) is 4.89. The number of hydrogen-bond acceptors (Lipinski definition) is 2. The molecule has 1 aromatic carbocycles. The molecule has 0 saturated carbocycles. The van der Waals surface area contributed by atoms with Crippen molar-refractivity contribution in [3.05, 3.63) is 54.1 Å². The van der Waals surface area contributed by atoms with Gasteiger partial charge < -0.3 is 9.88 Å². The smallest absolute Gasteiger partial charge is 0.113 e. The van der Waals surface area contributed by atoms with Crippen LogP contribution in [0.25, 0.3) is 0 Å². The van der Waals surface area contributed by atoms with Gasteiger partial charge >= 0.3 is 0 Å². The molecule has 1 aliphatic heterocycles. The molecule has 0 bridgehead atoms. The van der Waals surface area contributed by atoms with Gasteiger partial charge in [0.2, 0.25) is 0 Å². The van der Waals surface area contributed by atoms with Crippen molar-refractivity contribution in [2.75, 3.05) is 13.1 Å². The molecule has 1 aliphatic rings. The number of rotatable bonds is 3. The van der Waals surface area contributed by atoms with E-state index in [0.717, 1.165) is 19.5 Å². The average molecular weight is 241 g/mol. The lowest BCUT2D eigenvalue weighted by Gasteiger charge is -2.25. The van der Waals surface area contributed by atoms with Crippen molar-refractivity contribution in [2.24, 2.45) is 0 Å². The molecule has 1 fully saturated rings. The van der Waals surface area contributed by atoms with Crippen LogP contribution in [0.5, 0.6) is 0 Å². The van der Waals surface area contributed by atoms with E-state index in [4.69, 9.17) is 0 Å². The Labute approximate surface area is 108 Å². The SMILES string of the molecule is c1ccc(Cc2nccn2C2CCNCC2)cc1. The Balaban J connectivity index is 1.78. The summed E-state index contributed by atoms with van der Waals surface area (Å²) in [5.74, 6) is 1.19. The lowest BCUT2D eigenvalue weighted by atomic mass is 10.1. The van der Waals surface area contributed by atoms with Crippen LogP contribution in [0.1, 0.15) is 30.3 Å². The molecule has 1 N–H and O–H groups in total. The Morgan fingerprint density at radius 1 is 1.17 bits per heavy atom. The fourth-order valence-corrected chi connectivity index (χ4v) is 2.68. The Morgan fingerprint density at radius 3 is 2.72 bits per heavy atom. The molecule has 3 heteroatoms. The largest absolute Gasteiger partial charge is 0.332 e. The van der Waals surface area contributed by atoms with Gasteiger partial charge in [0.15, 0.2) is 0 Å². The number of piperidine rings is 1. The first-order valence-corrected chi connectivity index (χ1v) is 6.70. The summed E-state index contributed by atoms with van der Waals surface area (Å²) >= 11 is 0. The lowest BCUT2D eigenvalue weighted by molar-refractivity contribution is 0.361. The summed E-state index contributed by atoms with van der Waals surface area (Å²) in [5.41, 5.74) is 1.33. The van der Waals surface area contributed by atoms with Crippen molar-refractivity contribution in [1.29, 1.82) is 0 Å². The van der Waals surface area contributed by atoms with E-state index in [-0.39, 0.29) is 0 Å². The van der Waals surface area contributed by atoms with Crippen LogP contribution in [0.4, 0.5) is 0 Å². The molecular weight excluding hydrogens is 222 g/mol. The van der Waals surface area contributed by atoms with Gasteiger partial charge in [0.05, 0.1) is 0 Å². The van der Waals surface area contributed by atoms with Gasteiger partial charge in [-0.05, 0) is 31.5 Å². The van der Waals surface area contributed by atoms with E-state index in [1.807, 2.05) is 6.20 Å². The number of aromatic nitrogens is 2. The van der Waals surface area contributed by atoms with Crippen molar-refractivity contribution < 1.29 is 0 Å². The topological polar surface area (TPSA) is 29.9 Å². The maximum Gasteiger partial charge on any atom is 0.113 e. The van der Waals surface area contributed by atoms with Crippen LogP contribution >= 0.6 is 0 Å². The van der Waals surface area contributed by atoms with Crippen molar-refractivity contribution in [2.45, 2.75) is 25.3 Å². The maximum absolute atomic E-state index is 4.53. The standard InChI is InChI=1S/C15H19N3/c1-2-4-13(5-3-1)12-15-17-10-11-18(15)14-6-8-16-9-7-14/h1-5,10-11,14,16H,6-9,12H2. The molecule has 1 aromatic heterocycles. The van der Waals surface area contributed by atoms with E-state index in [1.165, 1.54) is 24.2 Å². The summed E-state index contributed by atoms with van der Waals surface area (Å²) in [6.07, 6.45) is 7.41. The second kappa shape index (κ2) is 5.36. The number of nitrogens with zero attached hydrogens (tertiary/aromatic N) is 2. The molecule has 0 radical (unpaired) electrons. The first kappa shape index (κ1) is 11.5. The minimum absolute atomic E-state index is 0.618. The molecule has 0 amide bonds. The summed E-state index contributed by atoms with van der Waals surface area (Å²) in [7, 11) is 0. The van der Waals surface area contributed by atoms with E-state index in [9.17, 15) is 0 Å². The second-order valence-electron chi connectivity index (χ2n) is 4.89. The van der Waals surface area contributed by atoms with Gasteiger partial charge in [-0.25, -0.2) is 4.98 Å². The zero-order chi connectivity index (χ0) is 12.2. The highest BCUT2D eigenvalue weighted by molar-refractivity contribution is 5.19. The zero-order valence-electron chi connectivity index (χ0n) is 10.5. The third kappa shape index (κ3) is 2.46. The summed E-state index contributed by atoms with van der Waals surface area (Å²) in [5, 5.41) is 3.41. The highest BCUT2D eigenvalue weighted by atomic mass is 15.1. The first-order valence-electron chi connectivity index (χ1n) is 6.70. The van der Waals surface area contributed by atoms with Crippen molar-refractivity contribution in [3.8, 4) is 0 Å². The predicted molar refractivity (Wildman–Crippen MR) is 72.6 cm³/mol. The van der Waals surface area contributed by atoms with Crippen molar-refractivity contribution in [1.82, 2.24) is 14.9 Å². The molecular formula is C15H19N3. The molecule has 3 rings (SSSR count). The van der Waals surface area contributed by atoms with E-state index in [2.05, 4.69) is 51.4 Å². The molecule has 0 spiro atoms. The Bertz CT molecular complexity index is 483. The van der Waals surface area contributed by atoms with Gasteiger partial charge in [-0.15, -0.1) is 0 Å². The van der Waals surface area contributed by atoms with Crippen LogP contribution in [0.15, 0.2) is 42.7 Å². The monoisotopic (exact) mass is 241 g/mol. The Hall–Kier alpha value is -1.61. The highest BCUT2D eigenvalue weighted by Crippen LogP contribution is 2.21. The summed E-state index contributed by atoms with van der Waals surface area (Å²) < 4.78 is 2.37. The minimum atomic E-state index is 0.618. The lowest BCUT2D eigenvalue weighted by Crippen LogP contribution is -2.29. The van der Waals surface area contributed by atoms with Crippen LogP contribution in [0, 0.1) is 0 Å². The van der Waals surface area contributed by atoms with Crippen LogP contribution in [-0.2, 0) is 6.42 Å². The highest BCUT2D eigenvalue weighted by Gasteiger charge is 2.17. The van der Waals surface area contributed by atoms with Crippen LogP contribution < -0.4 is 5.32 Å². The fraction of sp³-hybridized carbons (Fsp3) is 0.400. The molecule has 3 nitrogen and oxygen atoms in total. The summed E-state index contributed by atoms with van der Waals surface area (Å²) in [6, 6.07) is 11.2. The number of nitrogens with one attached hydrogen (secondary N) is 1. The van der Waals surface area contributed by atoms with Gasteiger partial charge in [-0.1, -0.05) is 30.3 Å². The molecule has 94 valence electrons. The quantitative estimate of drug-likeness (QED) is 0.894. The van der Waals surface area contributed by atoms with E-state index >= 15 is 0 Å². The van der Waals surface area contributed by atoms with Crippen LogP contribution in [0.3, 0.4) is 0 Å². The molecule has 0 atom stereocenters. The van der Waals surface area contributed by atoms with Gasteiger partial charge in [0.25, 0.3) is 0 Å². The van der Waals surface area contributed by atoms with Crippen molar-refractivity contribution in [3.63, 3.8) is 0 Å². The predicted octanol–water partition coefficient (Wildman–Crippen LogP) is 2.40. The fourth-order valence-electron chi connectivity index (χ4n) is 2.68. The third-order valence-corrected chi connectivity index (χ3v) is 3.66. The molecule has 2 heterocycles. The molecule has 2 aromatic rings. The van der Waals surface area contributed by atoms with Crippen molar-refractivity contribution >= 4 is 0 Å². The van der Waals surface area contributed by atoms with E-state index < -0.39 is 0 Å². The van der Waals surface area contributed by atoms with Gasteiger partial charge in [0, 0.05) is 24.9 Å². The molecule has 18 heavy (non-hydrogen) atoms. The normalized spacial score (nSPS) is 16.9. The molecule has 0 aliphatic carbocycles. The van der Waals surface area contributed by atoms with Crippen LogP contribution in [0.2, 0.25) is 0 Å². The van der Waals surface area contributed by atoms with Gasteiger partial charge in [-0.2, -0.15) is 0 Å². The van der Waals surface area contributed by atoms with Gasteiger partial charge in [-0.3, -0.25) is 0 Å². The van der Waals surface area contributed by atoms with E-state index in [0.29, 0.717) is 6.04 Å². The molecule has 0 unspecified atom stereocenters. The average Bonchev–Trinajstić information content (AvgIpc) is 2.89. The third-order valence-electron chi connectivity index (χ3n) is 3.66.